The molecule has 0 amide bonds. The van der Waals surface area contributed by atoms with Crippen LogP contribution in [0.1, 0.15) is 13.8 Å². The summed E-state index contributed by atoms with van der Waals surface area (Å²) in [6.07, 6.45) is 2.70. The van der Waals surface area contributed by atoms with Gasteiger partial charge >= 0.3 is 5.97 Å². The fourth-order valence-electron chi connectivity index (χ4n) is 0.533. The first kappa shape index (κ1) is 13.2. The van der Waals surface area contributed by atoms with E-state index in [2.05, 4.69) is 15.0 Å². The normalized spacial score (nSPS) is 11.5. The van der Waals surface area contributed by atoms with Crippen LogP contribution in [-0.4, -0.2) is 32.1 Å². The quantitative estimate of drug-likeness (QED) is 0.604. The molecule has 0 aliphatic heterocycles. The molecular weight excluding hydrogens is 198 g/mol. The van der Waals surface area contributed by atoms with Crippen molar-refractivity contribution in [2.75, 3.05) is 5.73 Å². The summed E-state index contributed by atoms with van der Waals surface area (Å²) < 4.78 is 0. The number of aromatic nitrogens is 3. The Kier molecular flexibility index (Phi) is 5.88. The Labute approximate surface area is 87.6 Å². The minimum absolute atomic E-state index is 0.0208. The van der Waals surface area contributed by atoms with Gasteiger partial charge in [0.15, 0.2) is 0 Å². The first-order valence-corrected chi connectivity index (χ1v) is 4.31. The predicted molar refractivity (Wildman–Crippen MR) is 54.7 cm³/mol. The maximum atomic E-state index is 10.0. The Hall–Kier alpha value is -1.76. The van der Waals surface area contributed by atoms with Gasteiger partial charge in [0, 0.05) is 0 Å². The molecule has 1 rings (SSSR count). The highest BCUT2D eigenvalue weighted by atomic mass is 16.4. The van der Waals surface area contributed by atoms with Crippen LogP contribution < -0.4 is 11.5 Å². The minimum Gasteiger partial charge on any atom is -0.480 e. The van der Waals surface area contributed by atoms with Gasteiger partial charge in [-0.15, -0.1) is 0 Å². The number of hydrogen-bond donors (Lipinski definition) is 3. The highest BCUT2D eigenvalue weighted by Gasteiger charge is 2.14. The summed E-state index contributed by atoms with van der Waals surface area (Å²) in [6, 6.07) is -0.713. The Morgan fingerprint density at radius 3 is 2.00 bits per heavy atom. The minimum atomic E-state index is -0.931. The molecule has 0 aliphatic carbocycles. The van der Waals surface area contributed by atoms with Crippen LogP contribution in [0.3, 0.4) is 0 Å². The lowest BCUT2D eigenvalue weighted by Gasteiger charge is -2.07. The van der Waals surface area contributed by atoms with E-state index in [1.165, 1.54) is 12.7 Å². The average molecular weight is 213 g/mol. The van der Waals surface area contributed by atoms with Gasteiger partial charge in [0.2, 0.25) is 5.95 Å². The molecular formula is C8H15N5O2. The Balaban J connectivity index is 0.000000262. The molecule has 0 radical (unpaired) electrons. The largest absolute Gasteiger partial charge is 0.480 e. The monoisotopic (exact) mass is 213 g/mol. The van der Waals surface area contributed by atoms with Crippen LogP contribution >= 0.6 is 0 Å². The number of rotatable bonds is 2. The Morgan fingerprint density at radius 2 is 1.87 bits per heavy atom. The molecule has 7 heteroatoms. The molecule has 1 heterocycles. The van der Waals surface area contributed by atoms with Crippen LogP contribution in [0.2, 0.25) is 0 Å². The van der Waals surface area contributed by atoms with Crippen molar-refractivity contribution < 1.29 is 9.90 Å². The van der Waals surface area contributed by atoms with Crippen molar-refractivity contribution in [3.05, 3.63) is 12.7 Å². The van der Waals surface area contributed by atoms with Crippen LogP contribution in [-0.2, 0) is 4.79 Å². The number of nitrogens with two attached hydrogens (primary N) is 2. The fourth-order valence-corrected chi connectivity index (χ4v) is 0.533. The van der Waals surface area contributed by atoms with Crippen LogP contribution in [0, 0.1) is 5.92 Å². The second-order valence-electron chi connectivity index (χ2n) is 3.10. The molecule has 1 atom stereocenters. The van der Waals surface area contributed by atoms with Crippen molar-refractivity contribution in [3.63, 3.8) is 0 Å². The molecule has 15 heavy (non-hydrogen) atoms. The highest BCUT2D eigenvalue weighted by Crippen LogP contribution is 1.96. The summed E-state index contributed by atoms with van der Waals surface area (Å²) >= 11 is 0. The first-order chi connectivity index (χ1) is 6.95. The van der Waals surface area contributed by atoms with E-state index in [1.54, 1.807) is 13.8 Å². The number of nitrogens with zero attached hydrogens (tertiary/aromatic N) is 3. The van der Waals surface area contributed by atoms with Gasteiger partial charge in [-0.2, -0.15) is 0 Å². The van der Waals surface area contributed by atoms with E-state index in [9.17, 15) is 4.79 Å². The van der Waals surface area contributed by atoms with E-state index >= 15 is 0 Å². The summed E-state index contributed by atoms with van der Waals surface area (Å²) in [7, 11) is 0. The number of nitrogen functional groups attached to an aromatic ring is 1. The highest BCUT2D eigenvalue weighted by molar-refractivity contribution is 5.73. The first-order valence-electron chi connectivity index (χ1n) is 4.31. The number of carbonyl (C=O) groups is 1. The lowest BCUT2D eigenvalue weighted by Crippen LogP contribution is -2.34. The van der Waals surface area contributed by atoms with Gasteiger partial charge in [0.05, 0.1) is 0 Å². The topological polar surface area (TPSA) is 128 Å². The lowest BCUT2D eigenvalue weighted by atomic mass is 10.1. The van der Waals surface area contributed by atoms with E-state index in [1.807, 2.05) is 0 Å². The molecule has 0 saturated heterocycles. The smallest absolute Gasteiger partial charge is 0.320 e. The maximum Gasteiger partial charge on any atom is 0.320 e. The molecule has 1 aromatic heterocycles. The summed E-state index contributed by atoms with van der Waals surface area (Å²) in [5.41, 5.74) is 10.3. The van der Waals surface area contributed by atoms with Crippen molar-refractivity contribution in [2.45, 2.75) is 19.9 Å². The third kappa shape index (κ3) is 6.33. The third-order valence-electron chi connectivity index (χ3n) is 1.52. The molecule has 5 N–H and O–H groups in total. The molecule has 0 spiro atoms. The van der Waals surface area contributed by atoms with Gasteiger partial charge in [0.1, 0.15) is 18.7 Å². The fraction of sp³-hybridized carbons (Fsp3) is 0.500. The summed E-state index contributed by atoms with van der Waals surface area (Å²) in [5, 5.41) is 8.23. The van der Waals surface area contributed by atoms with Crippen molar-refractivity contribution in [1.82, 2.24) is 15.0 Å². The van der Waals surface area contributed by atoms with Crippen molar-refractivity contribution in [1.29, 1.82) is 0 Å². The predicted octanol–water partition coefficient (Wildman–Crippen LogP) is -0.492. The molecule has 0 bridgehead atoms. The van der Waals surface area contributed by atoms with Gasteiger partial charge in [-0.3, -0.25) is 4.79 Å². The van der Waals surface area contributed by atoms with Gasteiger partial charge in [0.25, 0.3) is 0 Å². The standard InChI is InChI=1S/C5H11NO2.C3H4N4/c1-3(2)4(6)5(7)8;4-3-6-1-5-2-7-3/h3-4H,6H2,1-2H3,(H,7,8);1-2H,(H2,4,5,6,7)/t4-;/m0./s1. The van der Waals surface area contributed by atoms with Gasteiger partial charge < -0.3 is 16.6 Å². The molecule has 0 unspecified atom stereocenters. The third-order valence-corrected chi connectivity index (χ3v) is 1.52. The number of hydrogen-bond acceptors (Lipinski definition) is 6. The number of aliphatic carboxylic acids is 1. The van der Waals surface area contributed by atoms with Crippen LogP contribution in [0.25, 0.3) is 0 Å². The second-order valence-corrected chi connectivity index (χ2v) is 3.10. The molecule has 84 valence electrons. The van der Waals surface area contributed by atoms with E-state index in [4.69, 9.17) is 16.6 Å². The molecule has 0 fully saturated rings. The molecule has 1 aromatic rings. The number of anilines is 1. The van der Waals surface area contributed by atoms with Crippen molar-refractivity contribution >= 4 is 11.9 Å². The Bertz CT molecular complexity index is 290. The van der Waals surface area contributed by atoms with Gasteiger partial charge in [-0.25, -0.2) is 15.0 Å². The van der Waals surface area contributed by atoms with Gasteiger partial charge in [-0.05, 0) is 5.92 Å². The summed E-state index contributed by atoms with van der Waals surface area (Å²) in [6.45, 7) is 3.55. The van der Waals surface area contributed by atoms with Gasteiger partial charge in [-0.1, -0.05) is 13.8 Å². The maximum absolute atomic E-state index is 10.0. The molecule has 0 aromatic carbocycles. The summed E-state index contributed by atoms with van der Waals surface area (Å²) in [4.78, 5) is 20.6. The van der Waals surface area contributed by atoms with Crippen LogP contribution in [0.4, 0.5) is 5.95 Å². The zero-order valence-electron chi connectivity index (χ0n) is 8.66. The van der Waals surface area contributed by atoms with E-state index < -0.39 is 12.0 Å². The molecule has 0 saturated carbocycles. The van der Waals surface area contributed by atoms with E-state index in [0.29, 0.717) is 0 Å². The SMILES string of the molecule is CC(C)[C@H](N)C(=O)O.Nc1ncncn1. The second kappa shape index (κ2) is 6.66. The Morgan fingerprint density at radius 1 is 1.40 bits per heavy atom. The summed E-state index contributed by atoms with van der Waals surface area (Å²) in [5.74, 6) is -0.650. The zero-order valence-corrected chi connectivity index (χ0v) is 8.66. The zero-order chi connectivity index (χ0) is 11.8. The van der Waals surface area contributed by atoms with E-state index in [-0.39, 0.29) is 11.9 Å². The lowest BCUT2D eigenvalue weighted by molar-refractivity contribution is -0.139. The van der Waals surface area contributed by atoms with Crippen molar-refractivity contribution in [2.24, 2.45) is 11.7 Å². The van der Waals surface area contributed by atoms with Crippen molar-refractivity contribution in [3.8, 4) is 0 Å². The van der Waals surface area contributed by atoms with E-state index in [0.717, 1.165) is 0 Å². The van der Waals surface area contributed by atoms with Crippen LogP contribution in [0.15, 0.2) is 12.7 Å². The molecule has 7 nitrogen and oxygen atoms in total. The van der Waals surface area contributed by atoms with Crippen LogP contribution in [0.5, 0.6) is 0 Å². The molecule has 0 aliphatic rings. The average Bonchev–Trinajstić information content (AvgIpc) is 2.18. The number of carboxylic acid groups (broad SMARTS) is 1. The number of carboxylic acids is 1.